The Labute approximate surface area is 266 Å². The third kappa shape index (κ3) is 19.8. The summed E-state index contributed by atoms with van der Waals surface area (Å²) in [5.41, 5.74) is 1.33. The topological polar surface area (TPSA) is 134 Å². The number of amides is 4. The number of benzene rings is 1. The van der Waals surface area contributed by atoms with E-state index in [1.807, 2.05) is 11.0 Å². The molecule has 3 rings (SSSR count). The number of hydrogen-bond donors (Lipinski definition) is 2. The first-order chi connectivity index (χ1) is 14.9. The van der Waals surface area contributed by atoms with Crippen molar-refractivity contribution in [3.05, 3.63) is 43.3 Å². The van der Waals surface area contributed by atoms with Gasteiger partial charge < -0.3 is 38.8 Å². The SMILES string of the molecule is CNC(=O)N1CCN(Cc2ccccc2)CC1.CNC(=O)N1CCN(Cl)CC1.I[I-]I.O.O.[B].[CH3-].[Pd]. The van der Waals surface area contributed by atoms with Crippen molar-refractivity contribution in [2.45, 2.75) is 6.54 Å². The number of carbonyl (C=O) groups is 2. The van der Waals surface area contributed by atoms with Gasteiger partial charge in [0.05, 0.1) is 0 Å². The van der Waals surface area contributed by atoms with Crippen molar-refractivity contribution in [3.8, 4) is 0 Å². The second kappa shape index (κ2) is 28.8. The van der Waals surface area contributed by atoms with Gasteiger partial charge in [-0.2, -0.15) is 0 Å². The molecule has 215 valence electrons. The summed E-state index contributed by atoms with van der Waals surface area (Å²) in [6.45, 7) is 7.41. The number of hydrogen-bond acceptors (Lipinski definition) is 4. The van der Waals surface area contributed by atoms with Crippen LogP contribution in [0.15, 0.2) is 30.3 Å². The van der Waals surface area contributed by atoms with Gasteiger partial charge in [-0.3, -0.25) is 4.90 Å². The van der Waals surface area contributed by atoms with Gasteiger partial charge in [-0.1, -0.05) is 30.3 Å². The van der Waals surface area contributed by atoms with Crippen LogP contribution in [0, 0.1) is 7.43 Å². The normalized spacial score (nSPS) is 14.7. The van der Waals surface area contributed by atoms with E-state index in [1.54, 1.807) is 23.4 Å². The van der Waals surface area contributed by atoms with Crippen molar-refractivity contribution in [1.29, 1.82) is 0 Å². The monoisotopic (exact) mass is 959 g/mol. The quantitative estimate of drug-likeness (QED) is 0.161. The first-order valence-electron chi connectivity index (χ1n) is 9.92. The van der Waals surface area contributed by atoms with Crippen LogP contribution in [0.4, 0.5) is 9.59 Å². The van der Waals surface area contributed by atoms with Crippen LogP contribution in [-0.2, 0) is 27.0 Å². The largest absolute Gasteiger partial charge is 0.412 e. The third-order valence-electron chi connectivity index (χ3n) is 4.85. The molecule has 0 atom stereocenters. The molecule has 2 aliphatic heterocycles. The van der Waals surface area contributed by atoms with E-state index in [-0.39, 0.29) is 59.3 Å². The van der Waals surface area contributed by atoms with Gasteiger partial charge in [0.25, 0.3) is 0 Å². The van der Waals surface area contributed by atoms with Crippen LogP contribution in [0.3, 0.4) is 0 Å². The second-order valence-electron chi connectivity index (χ2n) is 6.81. The molecule has 2 aliphatic rings. The maximum absolute atomic E-state index is 11.4. The van der Waals surface area contributed by atoms with E-state index >= 15 is 0 Å². The van der Waals surface area contributed by atoms with Crippen LogP contribution in [0.1, 0.15) is 5.56 Å². The van der Waals surface area contributed by atoms with Gasteiger partial charge >= 0.3 is 62.5 Å². The zero-order valence-electron chi connectivity index (χ0n) is 20.8. The summed E-state index contributed by atoms with van der Waals surface area (Å²) in [6.07, 6.45) is 0. The molecular formula is C20H38BClI3N6O4Pd-2. The first kappa shape index (κ1) is 46.6. The smallest absolute Gasteiger partial charge is 0 e. The summed E-state index contributed by atoms with van der Waals surface area (Å²) in [7, 11) is 3.31. The average molecular weight is 960 g/mol. The van der Waals surface area contributed by atoms with E-state index in [0.717, 1.165) is 45.8 Å². The summed E-state index contributed by atoms with van der Waals surface area (Å²) in [4.78, 5) is 28.5. The fraction of sp³-hybridized carbons (Fsp3) is 0.550. The molecule has 2 heterocycles. The Balaban J connectivity index is -0.000000150. The van der Waals surface area contributed by atoms with Gasteiger partial charge in [0.2, 0.25) is 0 Å². The van der Waals surface area contributed by atoms with Crippen molar-refractivity contribution in [2.24, 2.45) is 0 Å². The molecule has 0 saturated carbocycles. The zero-order valence-corrected chi connectivity index (χ0v) is 29.5. The fourth-order valence-corrected chi connectivity index (χ4v) is 3.30. The molecule has 1 aromatic rings. The number of rotatable bonds is 2. The standard InChI is InChI=1S/C13H19N3O.C6H12ClN3O.CH3.B.I3.2H2O.Pd/c1-14-13(17)16-9-7-15(8-10-16)11-12-5-3-2-4-6-12;1-8-6(11)9-2-4-10(7)5-3-9;;;1-3-2;;;/h2-6H,7-11H2,1H3,(H,14,17);2-5H2,1H3,(H,8,11);1H3;;;2*1H2;/q;;-1;;-1;;;. The second-order valence-corrected chi connectivity index (χ2v) is 23.5. The minimum atomic E-state index is -0.0187. The average Bonchev–Trinajstić information content (AvgIpc) is 2.81. The number of nitrogens with one attached hydrogen (secondary N) is 2. The molecule has 16 heteroatoms. The molecule has 6 N–H and O–H groups in total. The summed E-state index contributed by atoms with van der Waals surface area (Å²) in [5, 5.41) is 5.24. The molecule has 0 aromatic heterocycles. The van der Waals surface area contributed by atoms with Gasteiger partial charge in [-0.15, -0.1) is 0 Å². The van der Waals surface area contributed by atoms with Crippen molar-refractivity contribution < 1.29 is 54.2 Å². The molecule has 4 amide bonds. The van der Waals surface area contributed by atoms with Gasteiger partial charge in [-0.05, 0) is 17.3 Å². The first-order valence-corrected chi connectivity index (χ1v) is 22.8. The summed E-state index contributed by atoms with van der Waals surface area (Å²) in [6, 6.07) is 10.5. The summed E-state index contributed by atoms with van der Waals surface area (Å²) < 4.78 is 1.69. The van der Waals surface area contributed by atoms with E-state index in [0.29, 0.717) is 26.3 Å². The Hall–Kier alpha value is 0.807. The van der Waals surface area contributed by atoms with E-state index in [1.165, 1.54) is 5.56 Å². The maximum Gasteiger partial charge on any atom is 0 e. The molecule has 3 radical (unpaired) electrons. The van der Waals surface area contributed by atoms with Crippen molar-refractivity contribution in [2.75, 3.05) is 66.5 Å². The van der Waals surface area contributed by atoms with Crippen molar-refractivity contribution >= 4 is 69.5 Å². The Kier molecular flexibility index (Phi) is 37.3. The number of carbonyl (C=O) groups excluding carboxylic acids is 2. The van der Waals surface area contributed by atoms with Crippen LogP contribution < -0.4 is 23.9 Å². The van der Waals surface area contributed by atoms with Crippen LogP contribution in [0.25, 0.3) is 0 Å². The molecule has 0 unspecified atom stereocenters. The Bertz CT molecular complexity index is 651. The van der Waals surface area contributed by atoms with Gasteiger partial charge in [-0.25, -0.2) is 14.0 Å². The van der Waals surface area contributed by atoms with Crippen LogP contribution in [0.2, 0.25) is 0 Å². The maximum atomic E-state index is 11.4. The number of nitrogens with zero attached hydrogens (tertiary/aromatic N) is 4. The number of halogens is 4. The van der Waals surface area contributed by atoms with E-state index in [4.69, 9.17) is 11.8 Å². The fourth-order valence-electron chi connectivity index (χ4n) is 3.15. The molecule has 2 fully saturated rings. The van der Waals surface area contributed by atoms with Crippen LogP contribution in [-0.4, -0.2) is 117 Å². The molecule has 0 bridgehead atoms. The van der Waals surface area contributed by atoms with Crippen molar-refractivity contribution in [3.63, 3.8) is 0 Å². The minimum Gasteiger partial charge on any atom is -0.412 e. The molecule has 10 nitrogen and oxygen atoms in total. The Morgan fingerprint density at radius 2 is 1.22 bits per heavy atom. The molecule has 1 aromatic carbocycles. The number of urea groups is 2. The Morgan fingerprint density at radius 1 is 0.861 bits per heavy atom. The minimum absolute atomic E-state index is 0. The van der Waals surface area contributed by atoms with Crippen LogP contribution in [0.5, 0.6) is 0 Å². The van der Waals surface area contributed by atoms with Crippen LogP contribution >= 0.6 is 49.0 Å². The summed E-state index contributed by atoms with van der Waals surface area (Å²) in [5.74, 6) is 0. The van der Waals surface area contributed by atoms with Gasteiger partial charge in [0.1, 0.15) is 0 Å². The molecule has 0 spiro atoms. The predicted molar refractivity (Wildman–Crippen MR) is 159 cm³/mol. The molecule has 0 aliphatic carbocycles. The molecular weight excluding hydrogens is 922 g/mol. The van der Waals surface area contributed by atoms with E-state index < -0.39 is 0 Å². The van der Waals surface area contributed by atoms with E-state index in [2.05, 4.69) is 77.0 Å². The zero-order chi connectivity index (χ0) is 23.1. The van der Waals surface area contributed by atoms with E-state index in [9.17, 15) is 9.59 Å². The van der Waals surface area contributed by atoms with Gasteiger partial charge in [0.15, 0.2) is 0 Å². The van der Waals surface area contributed by atoms with Gasteiger partial charge in [0, 0.05) is 102 Å². The summed E-state index contributed by atoms with van der Waals surface area (Å²) >= 11 is 11.0. The van der Waals surface area contributed by atoms with Crippen molar-refractivity contribution in [1.82, 2.24) is 29.8 Å². The Morgan fingerprint density at radius 3 is 1.58 bits per heavy atom. The third-order valence-corrected chi connectivity index (χ3v) is 5.19. The predicted octanol–water partition coefficient (Wildman–Crippen LogP) is -1.57. The molecule has 2 saturated heterocycles. The molecule has 36 heavy (non-hydrogen) atoms. The number of piperazine rings is 2.